The number of rotatable bonds is 9. The first-order chi connectivity index (χ1) is 17.4. The summed E-state index contributed by atoms with van der Waals surface area (Å²) in [6.45, 7) is 6.63. The van der Waals surface area contributed by atoms with E-state index in [1.807, 2.05) is 37.4 Å². The first-order valence-electron chi connectivity index (χ1n) is 12.2. The lowest BCUT2D eigenvalue weighted by Gasteiger charge is -2.38. The molecule has 1 saturated heterocycles. The van der Waals surface area contributed by atoms with Crippen molar-refractivity contribution < 1.29 is 9.53 Å². The van der Waals surface area contributed by atoms with Crippen LogP contribution in [0.5, 0.6) is 5.88 Å². The third-order valence-electron chi connectivity index (χ3n) is 6.68. The molecule has 0 radical (unpaired) electrons. The molecule has 3 aromatic heterocycles. The number of aryl methyl sites for hydroxylation is 1. The van der Waals surface area contributed by atoms with Crippen LogP contribution in [-0.2, 0) is 0 Å². The van der Waals surface area contributed by atoms with E-state index in [-0.39, 0.29) is 27.6 Å². The Balaban J connectivity index is 1.31. The van der Waals surface area contributed by atoms with E-state index in [1.165, 1.54) is 12.4 Å². The van der Waals surface area contributed by atoms with Gasteiger partial charge >= 0.3 is 0 Å². The predicted octanol–water partition coefficient (Wildman–Crippen LogP) is 5.53. The van der Waals surface area contributed by atoms with Gasteiger partial charge in [-0.05, 0) is 58.3 Å². The van der Waals surface area contributed by atoms with Crippen LogP contribution in [0.2, 0.25) is 10.0 Å². The maximum Gasteiger partial charge on any atom is 0.254 e. The van der Waals surface area contributed by atoms with Crippen molar-refractivity contribution in [1.82, 2.24) is 25.2 Å². The molecule has 1 aliphatic rings. The van der Waals surface area contributed by atoms with E-state index in [0.29, 0.717) is 24.4 Å². The van der Waals surface area contributed by atoms with Crippen molar-refractivity contribution in [2.24, 2.45) is 5.92 Å². The molecule has 0 saturated carbocycles. The minimum absolute atomic E-state index is 0.0976. The SMILES string of the molecule is Cc1cccc(OC(c2cccnc2)C2CCN(C(C)CCNC(=O)c3c(Cl)cncc3Cl)CC2)n1. The largest absolute Gasteiger partial charge is 0.469 e. The molecule has 0 spiro atoms. The Morgan fingerprint density at radius 3 is 2.53 bits per heavy atom. The van der Waals surface area contributed by atoms with Crippen LogP contribution >= 0.6 is 23.2 Å². The van der Waals surface area contributed by atoms with Crippen LogP contribution in [0.3, 0.4) is 0 Å². The fourth-order valence-corrected chi connectivity index (χ4v) is 5.19. The van der Waals surface area contributed by atoms with E-state index in [2.05, 4.69) is 38.2 Å². The summed E-state index contributed by atoms with van der Waals surface area (Å²) in [5.41, 5.74) is 2.27. The lowest BCUT2D eigenvalue weighted by Crippen LogP contribution is -2.43. The highest BCUT2D eigenvalue weighted by atomic mass is 35.5. The fourth-order valence-electron chi connectivity index (χ4n) is 4.65. The summed E-state index contributed by atoms with van der Waals surface area (Å²) in [6.07, 6.45) is 9.25. The lowest BCUT2D eigenvalue weighted by atomic mass is 9.87. The number of carbonyl (C=O) groups excluding carboxylic acids is 1. The summed E-state index contributed by atoms with van der Waals surface area (Å²) < 4.78 is 6.43. The molecule has 1 amide bonds. The molecule has 0 aliphatic carbocycles. The second kappa shape index (κ2) is 12.5. The van der Waals surface area contributed by atoms with Gasteiger partial charge in [0.2, 0.25) is 5.88 Å². The topological polar surface area (TPSA) is 80.2 Å². The molecule has 36 heavy (non-hydrogen) atoms. The highest BCUT2D eigenvalue weighted by Crippen LogP contribution is 2.35. The monoisotopic (exact) mass is 527 g/mol. The zero-order valence-electron chi connectivity index (χ0n) is 20.5. The van der Waals surface area contributed by atoms with Crippen molar-refractivity contribution in [1.29, 1.82) is 0 Å². The zero-order chi connectivity index (χ0) is 25.5. The Morgan fingerprint density at radius 2 is 1.86 bits per heavy atom. The first-order valence-corrected chi connectivity index (χ1v) is 13.0. The Labute approximate surface area is 222 Å². The van der Waals surface area contributed by atoms with Gasteiger partial charge in [0.1, 0.15) is 6.10 Å². The zero-order valence-corrected chi connectivity index (χ0v) is 22.0. The number of piperidine rings is 1. The molecule has 7 nitrogen and oxygen atoms in total. The second-order valence-electron chi connectivity index (χ2n) is 9.19. The van der Waals surface area contributed by atoms with Crippen molar-refractivity contribution in [3.05, 3.63) is 82.0 Å². The minimum atomic E-state index is -0.278. The summed E-state index contributed by atoms with van der Waals surface area (Å²) in [7, 11) is 0. The van der Waals surface area contributed by atoms with Gasteiger partial charge in [0, 0.05) is 60.6 Å². The number of nitrogens with zero attached hydrogens (tertiary/aromatic N) is 4. The average molecular weight is 528 g/mol. The van der Waals surface area contributed by atoms with Crippen LogP contribution in [0.4, 0.5) is 0 Å². The number of amides is 1. The number of pyridine rings is 3. The standard InChI is InChI=1S/C27H31Cl2N5O2/c1-18-5-3-7-24(33-18)36-26(21-6-4-11-30-15-21)20-9-13-34(14-10-20)19(2)8-12-32-27(35)25-22(28)16-31-17-23(25)29/h3-7,11,15-17,19-20,26H,8-10,12-14H2,1-2H3,(H,32,35). The smallest absolute Gasteiger partial charge is 0.254 e. The van der Waals surface area contributed by atoms with E-state index in [9.17, 15) is 4.79 Å². The lowest BCUT2D eigenvalue weighted by molar-refractivity contribution is 0.0578. The van der Waals surface area contributed by atoms with Gasteiger partial charge in [0.25, 0.3) is 5.91 Å². The highest BCUT2D eigenvalue weighted by Gasteiger charge is 2.31. The van der Waals surface area contributed by atoms with Crippen LogP contribution in [0, 0.1) is 12.8 Å². The summed E-state index contributed by atoms with van der Waals surface area (Å²) >= 11 is 12.2. The molecule has 4 heterocycles. The normalized spacial score (nSPS) is 16.3. The highest BCUT2D eigenvalue weighted by molar-refractivity contribution is 6.39. The molecule has 1 N–H and O–H groups in total. The molecule has 2 atom stereocenters. The fraction of sp³-hybridized carbons (Fsp3) is 0.407. The number of hydrogen-bond donors (Lipinski definition) is 1. The molecule has 0 aromatic carbocycles. The van der Waals surface area contributed by atoms with E-state index in [4.69, 9.17) is 27.9 Å². The molecule has 1 aliphatic heterocycles. The number of nitrogens with one attached hydrogen (secondary N) is 1. The van der Waals surface area contributed by atoms with Crippen LogP contribution in [0.1, 0.15) is 53.9 Å². The molecule has 9 heteroatoms. The van der Waals surface area contributed by atoms with Crippen LogP contribution in [0.25, 0.3) is 0 Å². The number of halogens is 2. The van der Waals surface area contributed by atoms with Gasteiger partial charge in [0.05, 0.1) is 15.6 Å². The Morgan fingerprint density at radius 1 is 1.11 bits per heavy atom. The van der Waals surface area contributed by atoms with Crippen molar-refractivity contribution in [3.63, 3.8) is 0 Å². The molecule has 4 rings (SSSR count). The van der Waals surface area contributed by atoms with E-state index in [1.54, 1.807) is 6.20 Å². The van der Waals surface area contributed by atoms with E-state index >= 15 is 0 Å². The third kappa shape index (κ3) is 6.72. The van der Waals surface area contributed by atoms with Crippen molar-refractivity contribution in [2.45, 2.75) is 45.3 Å². The van der Waals surface area contributed by atoms with E-state index < -0.39 is 0 Å². The van der Waals surface area contributed by atoms with Crippen molar-refractivity contribution in [3.8, 4) is 5.88 Å². The summed E-state index contributed by atoms with van der Waals surface area (Å²) in [5, 5.41) is 3.44. The van der Waals surface area contributed by atoms with E-state index in [0.717, 1.165) is 43.6 Å². The average Bonchev–Trinajstić information content (AvgIpc) is 2.88. The molecular formula is C27H31Cl2N5O2. The molecule has 190 valence electrons. The maximum absolute atomic E-state index is 12.5. The van der Waals surface area contributed by atoms with Crippen molar-refractivity contribution >= 4 is 29.1 Å². The maximum atomic E-state index is 12.5. The Bertz CT molecular complexity index is 1140. The number of likely N-dealkylation sites (tertiary alicyclic amines) is 1. The van der Waals surface area contributed by atoms with Gasteiger partial charge in [-0.1, -0.05) is 35.3 Å². The molecule has 1 fully saturated rings. The molecule has 3 aromatic rings. The van der Waals surface area contributed by atoms with Gasteiger partial charge < -0.3 is 15.0 Å². The number of carbonyl (C=O) groups is 1. The number of aromatic nitrogens is 3. The third-order valence-corrected chi connectivity index (χ3v) is 7.25. The van der Waals surface area contributed by atoms with Gasteiger partial charge in [-0.2, -0.15) is 0 Å². The van der Waals surface area contributed by atoms with Crippen LogP contribution in [0.15, 0.2) is 55.1 Å². The van der Waals surface area contributed by atoms with Crippen molar-refractivity contribution in [2.75, 3.05) is 19.6 Å². The quantitative estimate of drug-likeness (QED) is 0.394. The van der Waals surface area contributed by atoms with Gasteiger partial charge in [0.15, 0.2) is 0 Å². The number of hydrogen-bond acceptors (Lipinski definition) is 6. The minimum Gasteiger partial charge on any atom is -0.469 e. The van der Waals surface area contributed by atoms with Gasteiger partial charge in [-0.3, -0.25) is 14.8 Å². The first kappa shape index (κ1) is 26.3. The summed E-state index contributed by atoms with van der Waals surface area (Å²) in [6, 6.07) is 10.2. The van der Waals surface area contributed by atoms with Gasteiger partial charge in [-0.25, -0.2) is 4.98 Å². The molecule has 2 unspecified atom stereocenters. The Hall–Kier alpha value is -2.74. The second-order valence-corrected chi connectivity index (χ2v) is 10.0. The molecular weight excluding hydrogens is 497 g/mol. The number of ether oxygens (including phenoxy) is 1. The molecule has 0 bridgehead atoms. The van der Waals surface area contributed by atoms with Crippen LogP contribution in [-0.4, -0.2) is 51.4 Å². The van der Waals surface area contributed by atoms with Gasteiger partial charge in [-0.15, -0.1) is 0 Å². The van der Waals surface area contributed by atoms with Crippen LogP contribution < -0.4 is 10.1 Å². The summed E-state index contributed by atoms with van der Waals surface area (Å²) in [4.78, 5) is 27.8. The predicted molar refractivity (Wildman–Crippen MR) is 142 cm³/mol. The Kier molecular flexibility index (Phi) is 9.13. The summed E-state index contributed by atoms with van der Waals surface area (Å²) in [5.74, 6) is 0.722.